The molecule has 0 bridgehead atoms. The average molecular weight is 329 g/mol. The van der Waals surface area contributed by atoms with E-state index in [9.17, 15) is 9.59 Å². The predicted octanol–water partition coefficient (Wildman–Crippen LogP) is 2.86. The molecule has 0 aromatic rings. The van der Waals surface area contributed by atoms with Gasteiger partial charge < -0.3 is 14.2 Å². The maximum atomic E-state index is 12.2. The van der Waals surface area contributed by atoms with Gasteiger partial charge in [0.25, 0.3) is 4.87 Å². The summed E-state index contributed by atoms with van der Waals surface area (Å²) >= 11 is 12.4. The van der Waals surface area contributed by atoms with Gasteiger partial charge in [-0.1, -0.05) is 23.2 Å². The van der Waals surface area contributed by atoms with Crippen LogP contribution in [0.4, 0.5) is 0 Å². The van der Waals surface area contributed by atoms with Crippen LogP contribution in [0.3, 0.4) is 0 Å². The fourth-order valence-corrected chi connectivity index (χ4v) is 1.97. The van der Waals surface area contributed by atoms with Gasteiger partial charge in [0, 0.05) is 0 Å². The molecular weight excluding hydrogens is 307 g/mol. The van der Waals surface area contributed by atoms with E-state index in [-0.39, 0.29) is 12.7 Å². The van der Waals surface area contributed by atoms with Crippen LogP contribution in [0.15, 0.2) is 0 Å². The van der Waals surface area contributed by atoms with E-state index in [1.807, 2.05) is 0 Å². The zero-order chi connectivity index (χ0) is 16.1. The standard InChI is InChI=1S/C13H22Cl2O5/c1-7-18-10(16)13(15,11(17)19-8(2)3)12(6,14)20-9(4)5/h8-9H,7H2,1-6H3. The van der Waals surface area contributed by atoms with Crippen LogP contribution in [0.25, 0.3) is 0 Å². The Bertz CT molecular complexity index is 355. The van der Waals surface area contributed by atoms with Gasteiger partial charge in [0.1, 0.15) is 0 Å². The first-order valence-corrected chi connectivity index (χ1v) is 7.18. The lowest BCUT2D eigenvalue weighted by Crippen LogP contribution is -2.59. The van der Waals surface area contributed by atoms with Crippen LogP contribution in [0.1, 0.15) is 41.5 Å². The Labute approximate surface area is 129 Å². The fraction of sp³-hybridized carbons (Fsp3) is 0.846. The Kier molecular flexibility index (Phi) is 7.28. The Morgan fingerprint density at radius 2 is 1.55 bits per heavy atom. The summed E-state index contributed by atoms with van der Waals surface area (Å²) in [6.45, 7) is 9.66. The van der Waals surface area contributed by atoms with Crippen molar-refractivity contribution >= 4 is 35.1 Å². The van der Waals surface area contributed by atoms with Gasteiger partial charge in [-0.15, -0.1) is 0 Å². The number of alkyl halides is 2. The van der Waals surface area contributed by atoms with Crippen LogP contribution in [0.5, 0.6) is 0 Å². The van der Waals surface area contributed by atoms with Crippen molar-refractivity contribution in [2.45, 2.75) is 63.7 Å². The van der Waals surface area contributed by atoms with Crippen molar-refractivity contribution in [1.29, 1.82) is 0 Å². The van der Waals surface area contributed by atoms with E-state index in [0.29, 0.717) is 0 Å². The first-order valence-electron chi connectivity index (χ1n) is 6.43. The van der Waals surface area contributed by atoms with Gasteiger partial charge in [0.15, 0.2) is 5.06 Å². The van der Waals surface area contributed by atoms with Gasteiger partial charge >= 0.3 is 11.9 Å². The van der Waals surface area contributed by atoms with E-state index in [4.69, 9.17) is 37.4 Å². The molecule has 0 N–H and O–H groups in total. The van der Waals surface area contributed by atoms with E-state index in [1.54, 1.807) is 34.6 Å². The fourth-order valence-electron chi connectivity index (χ4n) is 1.50. The van der Waals surface area contributed by atoms with Gasteiger partial charge in [-0.2, -0.15) is 0 Å². The highest BCUT2D eigenvalue weighted by molar-refractivity contribution is 6.50. The molecule has 0 amide bonds. The Morgan fingerprint density at radius 1 is 1.05 bits per heavy atom. The van der Waals surface area contributed by atoms with Crippen molar-refractivity contribution < 1.29 is 23.8 Å². The number of hydrogen-bond acceptors (Lipinski definition) is 5. The molecule has 5 nitrogen and oxygen atoms in total. The first kappa shape index (κ1) is 19.5. The van der Waals surface area contributed by atoms with E-state index in [1.165, 1.54) is 6.92 Å². The SMILES string of the molecule is CCOC(=O)C(Cl)(C(=O)OC(C)C)C(C)(Cl)OC(C)C. The highest BCUT2D eigenvalue weighted by Gasteiger charge is 2.62. The molecule has 0 rings (SSSR count). The van der Waals surface area contributed by atoms with Crippen molar-refractivity contribution in [2.24, 2.45) is 0 Å². The van der Waals surface area contributed by atoms with E-state index < -0.39 is 28.0 Å². The van der Waals surface area contributed by atoms with Crippen molar-refractivity contribution in [3.05, 3.63) is 0 Å². The second-order valence-corrected chi connectivity index (χ2v) is 6.20. The molecular formula is C13H22Cl2O5. The number of hydrogen-bond donors (Lipinski definition) is 0. The Hall–Kier alpha value is -0.520. The molecule has 0 spiro atoms. The van der Waals surface area contributed by atoms with E-state index >= 15 is 0 Å². The maximum Gasteiger partial charge on any atom is 0.343 e. The average Bonchev–Trinajstić information content (AvgIpc) is 2.24. The smallest absolute Gasteiger partial charge is 0.343 e. The number of carbonyl (C=O) groups is 2. The Balaban J connectivity index is 5.56. The molecule has 2 atom stereocenters. The first-order chi connectivity index (χ1) is 8.99. The summed E-state index contributed by atoms with van der Waals surface area (Å²) in [5.41, 5.74) is 0. The molecule has 7 heteroatoms. The molecule has 0 fully saturated rings. The lowest BCUT2D eigenvalue weighted by atomic mass is 10.0. The third-order valence-corrected chi connectivity index (χ3v) is 3.39. The molecule has 2 unspecified atom stereocenters. The van der Waals surface area contributed by atoms with Gasteiger partial charge in [-0.05, 0) is 41.5 Å². The van der Waals surface area contributed by atoms with Crippen LogP contribution < -0.4 is 0 Å². The number of ether oxygens (including phenoxy) is 3. The van der Waals surface area contributed by atoms with Gasteiger partial charge in [-0.25, -0.2) is 9.59 Å². The van der Waals surface area contributed by atoms with E-state index in [2.05, 4.69) is 0 Å². The molecule has 0 aliphatic heterocycles. The third kappa shape index (κ3) is 4.50. The molecule has 0 radical (unpaired) electrons. The number of carbonyl (C=O) groups excluding carboxylic acids is 2. The largest absolute Gasteiger partial charge is 0.464 e. The molecule has 0 saturated carbocycles. The van der Waals surface area contributed by atoms with E-state index in [0.717, 1.165) is 0 Å². The lowest BCUT2D eigenvalue weighted by molar-refractivity contribution is -0.171. The summed E-state index contributed by atoms with van der Waals surface area (Å²) in [6, 6.07) is 0. The monoisotopic (exact) mass is 328 g/mol. The zero-order valence-corrected chi connectivity index (χ0v) is 14.2. The molecule has 20 heavy (non-hydrogen) atoms. The van der Waals surface area contributed by atoms with Gasteiger partial charge in [-0.3, -0.25) is 0 Å². The minimum absolute atomic E-state index is 0.0525. The minimum Gasteiger partial charge on any atom is -0.464 e. The lowest BCUT2D eigenvalue weighted by Gasteiger charge is -2.36. The normalized spacial score (nSPS) is 17.5. The van der Waals surface area contributed by atoms with Crippen molar-refractivity contribution in [2.75, 3.05) is 6.61 Å². The zero-order valence-electron chi connectivity index (χ0n) is 12.7. The molecule has 0 aliphatic rings. The minimum atomic E-state index is -2.28. The van der Waals surface area contributed by atoms with Crippen LogP contribution in [0, 0.1) is 0 Å². The topological polar surface area (TPSA) is 61.8 Å². The second kappa shape index (κ2) is 7.48. The predicted molar refractivity (Wildman–Crippen MR) is 76.9 cm³/mol. The molecule has 118 valence electrons. The van der Waals surface area contributed by atoms with Gasteiger partial charge in [0.2, 0.25) is 0 Å². The van der Waals surface area contributed by atoms with Crippen LogP contribution in [-0.2, 0) is 23.8 Å². The third-order valence-electron chi connectivity index (χ3n) is 2.25. The number of halogens is 2. The van der Waals surface area contributed by atoms with Crippen molar-refractivity contribution in [3.8, 4) is 0 Å². The molecule has 0 aromatic heterocycles. The summed E-state index contributed by atoms with van der Waals surface area (Å²) in [7, 11) is 0. The van der Waals surface area contributed by atoms with Crippen molar-refractivity contribution in [3.63, 3.8) is 0 Å². The van der Waals surface area contributed by atoms with Gasteiger partial charge in [0.05, 0.1) is 18.8 Å². The molecule has 0 heterocycles. The number of esters is 2. The number of rotatable bonds is 7. The van der Waals surface area contributed by atoms with Crippen LogP contribution >= 0.6 is 23.2 Å². The molecule has 0 aromatic carbocycles. The summed E-state index contributed by atoms with van der Waals surface area (Å²) in [5, 5.41) is -1.80. The summed E-state index contributed by atoms with van der Waals surface area (Å²) in [5.74, 6) is -1.99. The molecule has 0 aliphatic carbocycles. The van der Waals surface area contributed by atoms with Crippen LogP contribution in [-0.4, -0.2) is 40.7 Å². The summed E-state index contributed by atoms with van der Waals surface area (Å²) in [6.07, 6.45) is -0.807. The van der Waals surface area contributed by atoms with Crippen LogP contribution in [0.2, 0.25) is 0 Å². The Morgan fingerprint density at radius 3 is 1.90 bits per heavy atom. The highest BCUT2D eigenvalue weighted by atomic mass is 35.5. The highest BCUT2D eigenvalue weighted by Crippen LogP contribution is 2.40. The van der Waals surface area contributed by atoms with Crippen molar-refractivity contribution in [1.82, 2.24) is 0 Å². The maximum absolute atomic E-state index is 12.2. The summed E-state index contributed by atoms with van der Waals surface area (Å²) in [4.78, 5) is 22.0. The quantitative estimate of drug-likeness (QED) is 0.408. The second-order valence-electron chi connectivity index (χ2n) is 4.92. The molecule has 0 saturated heterocycles. The summed E-state index contributed by atoms with van der Waals surface area (Å²) < 4.78 is 15.3.